The molecule has 3 heteroatoms. The molecule has 92 valence electrons. The van der Waals surface area contributed by atoms with Crippen molar-refractivity contribution in [2.45, 2.75) is 50.1 Å². The predicted octanol–water partition coefficient (Wildman–Crippen LogP) is 3.42. The van der Waals surface area contributed by atoms with Crippen molar-refractivity contribution in [2.75, 3.05) is 0 Å². The molecule has 2 rings (SSSR count). The molecular formula is C13H21IO2. The van der Waals surface area contributed by atoms with Gasteiger partial charge in [0, 0.05) is 9.84 Å². The van der Waals surface area contributed by atoms with Crippen LogP contribution < -0.4 is 0 Å². The number of carbonyl (C=O) groups is 1. The summed E-state index contributed by atoms with van der Waals surface area (Å²) in [7, 11) is 0. The minimum atomic E-state index is 0.0745. The number of fused-ring (bicyclic) bond motifs is 2. The van der Waals surface area contributed by atoms with Crippen LogP contribution in [0.3, 0.4) is 0 Å². The standard InChI is InChI=1S/C13H21IO2/c1-7(2)4-5-9-6-10(14)12-8(3)11(9)13(15)16-12/h7-12H,4-6H2,1-3H3/t8-,9+,10-,11+,12-/m1/s1. The summed E-state index contributed by atoms with van der Waals surface area (Å²) in [6, 6.07) is 0. The highest BCUT2D eigenvalue weighted by molar-refractivity contribution is 14.1. The zero-order valence-corrected chi connectivity index (χ0v) is 12.4. The van der Waals surface area contributed by atoms with Gasteiger partial charge in [0.2, 0.25) is 0 Å². The van der Waals surface area contributed by atoms with Gasteiger partial charge in [-0.1, -0.05) is 49.8 Å². The van der Waals surface area contributed by atoms with Crippen LogP contribution in [0.1, 0.15) is 40.0 Å². The van der Waals surface area contributed by atoms with E-state index in [1.165, 1.54) is 19.3 Å². The van der Waals surface area contributed by atoms with Gasteiger partial charge in [0.25, 0.3) is 0 Å². The van der Waals surface area contributed by atoms with Crippen LogP contribution in [0, 0.1) is 23.7 Å². The molecule has 2 fully saturated rings. The Bertz CT molecular complexity index is 277. The summed E-state index contributed by atoms with van der Waals surface area (Å²) in [5.74, 6) is 1.99. The maximum absolute atomic E-state index is 11.8. The van der Waals surface area contributed by atoms with E-state index in [0.29, 0.717) is 15.8 Å². The zero-order valence-electron chi connectivity index (χ0n) is 10.3. The molecule has 0 aromatic carbocycles. The fourth-order valence-electron chi connectivity index (χ4n) is 3.18. The summed E-state index contributed by atoms with van der Waals surface area (Å²) in [4.78, 5) is 11.8. The van der Waals surface area contributed by atoms with Crippen molar-refractivity contribution in [2.24, 2.45) is 23.7 Å². The van der Waals surface area contributed by atoms with E-state index in [1.54, 1.807) is 0 Å². The second kappa shape index (κ2) is 4.83. The highest BCUT2D eigenvalue weighted by Crippen LogP contribution is 2.47. The lowest BCUT2D eigenvalue weighted by Crippen LogP contribution is -2.37. The smallest absolute Gasteiger partial charge is 0.309 e. The maximum Gasteiger partial charge on any atom is 0.309 e. The molecule has 1 aliphatic carbocycles. The first kappa shape index (κ1) is 12.7. The molecule has 1 saturated heterocycles. The number of halogens is 1. The van der Waals surface area contributed by atoms with Gasteiger partial charge in [-0.3, -0.25) is 4.79 Å². The van der Waals surface area contributed by atoms with Gasteiger partial charge in [0.15, 0.2) is 0 Å². The Kier molecular flexibility index (Phi) is 3.82. The largest absolute Gasteiger partial charge is 0.461 e. The number of carbonyl (C=O) groups excluding carboxylic acids is 1. The lowest BCUT2D eigenvalue weighted by atomic mass is 9.71. The predicted molar refractivity (Wildman–Crippen MR) is 72.5 cm³/mol. The van der Waals surface area contributed by atoms with E-state index in [0.717, 1.165) is 5.92 Å². The van der Waals surface area contributed by atoms with Crippen LogP contribution in [-0.4, -0.2) is 16.0 Å². The van der Waals surface area contributed by atoms with Crippen LogP contribution in [0.4, 0.5) is 0 Å². The zero-order chi connectivity index (χ0) is 11.9. The first-order valence-electron chi connectivity index (χ1n) is 6.35. The van der Waals surface area contributed by atoms with Gasteiger partial charge in [-0.15, -0.1) is 0 Å². The van der Waals surface area contributed by atoms with Crippen molar-refractivity contribution in [3.05, 3.63) is 0 Å². The van der Waals surface area contributed by atoms with E-state index in [4.69, 9.17) is 4.74 Å². The summed E-state index contributed by atoms with van der Waals surface area (Å²) in [5.41, 5.74) is 0. The lowest BCUT2D eigenvalue weighted by Gasteiger charge is -2.34. The highest BCUT2D eigenvalue weighted by Gasteiger charge is 2.52. The third kappa shape index (κ3) is 2.24. The van der Waals surface area contributed by atoms with Gasteiger partial charge in [0.1, 0.15) is 6.10 Å². The van der Waals surface area contributed by atoms with Gasteiger partial charge in [-0.2, -0.15) is 0 Å². The van der Waals surface area contributed by atoms with Crippen LogP contribution in [0.15, 0.2) is 0 Å². The molecular weight excluding hydrogens is 315 g/mol. The van der Waals surface area contributed by atoms with Crippen molar-refractivity contribution in [3.8, 4) is 0 Å². The molecule has 0 radical (unpaired) electrons. The topological polar surface area (TPSA) is 26.3 Å². The Morgan fingerprint density at radius 2 is 2.19 bits per heavy atom. The summed E-state index contributed by atoms with van der Waals surface area (Å²) >= 11 is 2.47. The molecule has 1 aliphatic heterocycles. The van der Waals surface area contributed by atoms with Crippen LogP contribution in [0.5, 0.6) is 0 Å². The lowest BCUT2D eigenvalue weighted by molar-refractivity contribution is -0.144. The highest BCUT2D eigenvalue weighted by atomic mass is 127. The molecule has 1 heterocycles. The minimum absolute atomic E-state index is 0.0745. The van der Waals surface area contributed by atoms with Crippen LogP contribution in [0.25, 0.3) is 0 Å². The minimum Gasteiger partial charge on any atom is -0.461 e. The van der Waals surface area contributed by atoms with Crippen molar-refractivity contribution in [3.63, 3.8) is 0 Å². The van der Waals surface area contributed by atoms with E-state index < -0.39 is 0 Å². The third-order valence-corrected chi connectivity index (χ3v) is 5.33. The summed E-state index contributed by atoms with van der Waals surface area (Å²) in [6.07, 6.45) is 3.77. The Labute approximate surface area is 112 Å². The molecule has 5 atom stereocenters. The van der Waals surface area contributed by atoms with Crippen LogP contribution in [-0.2, 0) is 9.53 Å². The van der Waals surface area contributed by atoms with E-state index in [1.807, 2.05) is 0 Å². The third-order valence-electron chi connectivity index (χ3n) is 4.12. The van der Waals surface area contributed by atoms with Crippen molar-refractivity contribution in [1.29, 1.82) is 0 Å². The molecule has 1 saturated carbocycles. The van der Waals surface area contributed by atoms with E-state index in [9.17, 15) is 4.79 Å². The fourth-order valence-corrected chi connectivity index (χ4v) is 4.63. The second-order valence-electron chi connectivity index (χ2n) is 5.77. The Balaban J connectivity index is 2.05. The second-order valence-corrected chi connectivity index (χ2v) is 7.37. The molecule has 2 nitrogen and oxygen atoms in total. The van der Waals surface area contributed by atoms with Crippen molar-refractivity contribution in [1.82, 2.24) is 0 Å². The maximum atomic E-state index is 11.8. The molecule has 16 heavy (non-hydrogen) atoms. The Morgan fingerprint density at radius 1 is 1.50 bits per heavy atom. The number of hydrogen-bond donors (Lipinski definition) is 0. The number of rotatable bonds is 3. The van der Waals surface area contributed by atoms with E-state index >= 15 is 0 Å². The molecule has 0 amide bonds. The summed E-state index contributed by atoms with van der Waals surface area (Å²) in [6.45, 7) is 6.70. The van der Waals surface area contributed by atoms with Gasteiger partial charge >= 0.3 is 5.97 Å². The van der Waals surface area contributed by atoms with Crippen molar-refractivity contribution < 1.29 is 9.53 Å². The first-order chi connectivity index (χ1) is 7.50. The monoisotopic (exact) mass is 336 g/mol. The number of esters is 1. The number of alkyl halides is 1. The quantitative estimate of drug-likeness (QED) is 0.448. The normalized spacial score (nSPS) is 42.6. The van der Waals surface area contributed by atoms with Crippen LogP contribution >= 0.6 is 22.6 Å². The molecule has 0 aromatic rings. The summed E-state index contributed by atoms with van der Waals surface area (Å²) < 4.78 is 6.02. The van der Waals surface area contributed by atoms with E-state index in [-0.39, 0.29) is 18.0 Å². The fraction of sp³-hybridized carbons (Fsp3) is 0.923. The van der Waals surface area contributed by atoms with Gasteiger partial charge in [-0.05, 0) is 24.7 Å². The van der Waals surface area contributed by atoms with E-state index in [2.05, 4.69) is 43.4 Å². The summed E-state index contributed by atoms with van der Waals surface area (Å²) in [5, 5.41) is 0. The molecule has 0 spiro atoms. The average molecular weight is 336 g/mol. The Morgan fingerprint density at radius 3 is 2.81 bits per heavy atom. The Hall–Kier alpha value is 0.200. The molecule has 2 bridgehead atoms. The number of hydrogen-bond acceptors (Lipinski definition) is 2. The SMILES string of the molecule is CC(C)CC[C@H]1C[C@@H](I)[C@@H]2OC(=O)[C@H]1[C@H]2C. The van der Waals surface area contributed by atoms with Gasteiger partial charge in [-0.25, -0.2) is 0 Å². The van der Waals surface area contributed by atoms with Crippen LogP contribution in [0.2, 0.25) is 0 Å². The average Bonchev–Trinajstić information content (AvgIpc) is 2.41. The van der Waals surface area contributed by atoms with Gasteiger partial charge in [0.05, 0.1) is 5.92 Å². The molecule has 0 aromatic heterocycles. The molecule has 0 N–H and O–H groups in total. The van der Waals surface area contributed by atoms with Gasteiger partial charge < -0.3 is 4.74 Å². The van der Waals surface area contributed by atoms with Crippen molar-refractivity contribution >= 4 is 28.6 Å². The molecule has 0 unspecified atom stereocenters. The molecule has 2 aliphatic rings. The number of ether oxygens (including phenoxy) is 1. The first-order valence-corrected chi connectivity index (χ1v) is 7.59.